The van der Waals surface area contributed by atoms with Crippen LogP contribution < -0.4 is 0 Å². The molecule has 0 saturated heterocycles. The van der Waals surface area contributed by atoms with Crippen molar-refractivity contribution in [2.24, 2.45) is 0 Å². The summed E-state index contributed by atoms with van der Waals surface area (Å²) < 4.78 is 20.0. The van der Waals surface area contributed by atoms with Gasteiger partial charge in [0.2, 0.25) is 18.1 Å². The van der Waals surface area contributed by atoms with Crippen LogP contribution in [0.4, 0.5) is 0 Å². The van der Waals surface area contributed by atoms with E-state index in [0.29, 0.717) is 5.57 Å². The summed E-state index contributed by atoms with van der Waals surface area (Å²) in [5, 5.41) is 11.9. The number of hydrogen-bond acceptors (Lipinski definition) is 5. The largest absolute Gasteiger partial charge is 0.463 e. The predicted molar refractivity (Wildman–Crippen MR) is 205 cm³/mol. The van der Waals surface area contributed by atoms with E-state index in [-0.39, 0.29) is 40.2 Å². The smallest absolute Gasteiger partial charge is 0.333 e. The van der Waals surface area contributed by atoms with Gasteiger partial charge < -0.3 is 18.7 Å². The summed E-state index contributed by atoms with van der Waals surface area (Å²) in [4.78, 5) is 13.4. The van der Waals surface area contributed by atoms with Crippen molar-refractivity contribution in [1.82, 2.24) is 0 Å². The summed E-state index contributed by atoms with van der Waals surface area (Å²) in [5.41, 5.74) is 5.14. The molecule has 1 aliphatic rings. The highest BCUT2D eigenvalue weighted by Gasteiger charge is 2.47. The zero-order valence-corrected chi connectivity index (χ0v) is 32.5. The molecule has 0 aliphatic heterocycles. The van der Waals surface area contributed by atoms with E-state index in [2.05, 4.69) is 139 Å². The van der Waals surface area contributed by atoms with Gasteiger partial charge in [0.25, 0.3) is 0 Å². The zero-order chi connectivity index (χ0) is 35.9. The Morgan fingerprint density at radius 3 is 1.36 bits per heavy atom. The molecule has 0 saturated carbocycles. The molecule has 0 bridgehead atoms. The average Bonchev–Trinajstić information content (AvgIpc) is 3.10. The molecule has 0 fully saturated rings. The minimum absolute atomic E-state index is 0.0133. The summed E-state index contributed by atoms with van der Waals surface area (Å²) in [6, 6.07) is 42.0. The maximum atomic E-state index is 13.4. The summed E-state index contributed by atoms with van der Waals surface area (Å²) in [5.74, 6) is -0.388. The molecule has 0 heterocycles. The quantitative estimate of drug-likeness (QED) is 0.118. The normalized spacial score (nSPS) is 18.5. The van der Waals surface area contributed by atoms with E-state index in [0.717, 1.165) is 0 Å². The Morgan fingerprint density at radius 2 is 1.02 bits per heavy atom. The highest BCUT2D eigenvalue weighted by molar-refractivity contribution is 6.58. The molecule has 5 rings (SSSR count). The molecular weight excluding hydrogens is 653 g/mol. The molecule has 262 valence electrons. The fourth-order valence-electron chi connectivity index (χ4n) is 6.74. The van der Waals surface area contributed by atoms with Crippen LogP contribution in [0.25, 0.3) is 0 Å². The van der Waals surface area contributed by atoms with Gasteiger partial charge in [-0.05, 0) is 45.3 Å². The second-order valence-corrected chi connectivity index (χ2v) is 21.2. The average molecular weight is 705 g/mol. The van der Waals surface area contributed by atoms with Crippen LogP contribution in [0.2, 0.25) is 10.1 Å². The standard InChI is InChI=1S/C43H52O5Si2/c1-8-46-41(45)35-29-36(47-49(42(2,3)4)39(31-21-13-9-14-22-31)32-23-15-10-16-24-32)38(44)37(30-35)48-50(43(5,6)7)40(33-25-17-11-18-26-33)34-27-19-12-20-28-34/h9-29,36-40,44H,8,30H2,1-7H3/t36-,37+,38-/m1/s1. The van der Waals surface area contributed by atoms with Crippen molar-refractivity contribution in [1.29, 1.82) is 0 Å². The molecule has 0 amide bonds. The molecule has 3 atom stereocenters. The highest BCUT2D eigenvalue weighted by Crippen LogP contribution is 2.44. The molecule has 5 nitrogen and oxygen atoms in total. The predicted octanol–water partition coefficient (Wildman–Crippen LogP) is 9.34. The van der Waals surface area contributed by atoms with Crippen LogP contribution >= 0.6 is 0 Å². The van der Waals surface area contributed by atoms with Crippen molar-refractivity contribution < 1.29 is 23.5 Å². The fraction of sp³-hybridized carbons (Fsp3) is 0.372. The van der Waals surface area contributed by atoms with E-state index in [1.807, 2.05) is 31.2 Å². The third kappa shape index (κ3) is 9.19. The Balaban J connectivity index is 1.57. The number of aliphatic hydroxyl groups excluding tert-OH is 1. The summed E-state index contributed by atoms with van der Waals surface area (Å²) in [6.45, 7) is 15.4. The molecular formula is C43H52O5Si2. The van der Waals surface area contributed by atoms with Gasteiger partial charge in [0.05, 0.1) is 18.8 Å². The van der Waals surface area contributed by atoms with Gasteiger partial charge in [0.15, 0.2) is 0 Å². The van der Waals surface area contributed by atoms with Gasteiger partial charge in [-0.3, -0.25) is 0 Å². The van der Waals surface area contributed by atoms with Crippen LogP contribution in [0, 0.1) is 0 Å². The van der Waals surface area contributed by atoms with Crippen molar-refractivity contribution in [3.63, 3.8) is 0 Å². The number of hydrogen-bond donors (Lipinski definition) is 1. The molecule has 0 unspecified atom stereocenters. The Bertz CT molecular complexity index is 1590. The van der Waals surface area contributed by atoms with Crippen molar-refractivity contribution >= 4 is 24.0 Å². The van der Waals surface area contributed by atoms with E-state index in [4.69, 9.17) is 13.6 Å². The van der Waals surface area contributed by atoms with Gasteiger partial charge in [-0.15, -0.1) is 0 Å². The molecule has 7 heteroatoms. The second-order valence-electron chi connectivity index (χ2n) is 15.1. The first-order chi connectivity index (χ1) is 23.9. The highest BCUT2D eigenvalue weighted by atomic mass is 28.3. The SMILES string of the molecule is CCOC(=O)C1=C[C@@H](O[Si](C(c2ccccc2)c2ccccc2)C(C)(C)C)[C@@H](O)[C@@H](O[Si](C(c2ccccc2)c2ccccc2)C(C)(C)C)C1. The lowest BCUT2D eigenvalue weighted by Crippen LogP contribution is -2.52. The van der Waals surface area contributed by atoms with Crippen molar-refractivity contribution in [3.05, 3.63) is 155 Å². The number of ether oxygens (including phenoxy) is 1. The van der Waals surface area contributed by atoms with Crippen molar-refractivity contribution in [3.8, 4) is 0 Å². The molecule has 0 spiro atoms. The molecule has 0 aromatic heterocycles. The number of carbonyl (C=O) groups is 1. The minimum atomic E-state index is -1.78. The Morgan fingerprint density at radius 1 is 0.660 bits per heavy atom. The fourth-order valence-corrected chi connectivity index (χ4v) is 12.5. The van der Waals surface area contributed by atoms with Crippen LogP contribution in [0.1, 0.15) is 88.2 Å². The molecule has 4 aromatic carbocycles. The lowest BCUT2D eigenvalue weighted by Gasteiger charge is -2.43. The van der Waals surface area contributed by atoms with Crippen LogP contribution in [-0.4, -0.2) is 54.1 Å². The van der Waals surface area contributed by atoms with E-state index in [1.54, 1.807) is 6.08 Å². The van der Waals surface area contributed by atoms with E-state index < -0.39 is 36.4 Å². The topological polar surface area (TPSA) is 65.0 Å². The summed E-state index contributed by atoms with van der Waals surface area (Å²) in [6.07, 6.45) is -0.355. The number of rotatable bonds is 12. The summed E-state index contributed by atoms with van der Waals surface area (Å²) in [7, 11) is -3.54. The van der Waals surface area contributed by atoms with Crippen molar-refractivity contribution in [2.45, 2.75) is 94.4 Å². The van der Waals surface area contributed by atoms with Crippen molar-refractivity contribution in [2.75, 3.05) is 6.61 Å². The molecule has 1 aliphatic carbocycles. The number of aliphatic hydroxyl groups is 1. The lowest BCUT2D eigenvalue weighted by molar-refractivity contribution is -0.139. The minimum Gasteiger partial charge on any atom is -0.463 e. The second kappa shape index (κ2) is 16.6. The number of esters is 1. The van der Waals surface area contributed by atoms with Crippen LogP contribution in [-0.2, 0) is 18.4 Å². The third-order valence-electron chi connectivity index (χ3n) is 9.12. The van der Waals surface area contributed by atoms with E-state index in [9.17, 15) is 9.90 Å². The zero-order valence-electron chi connectivity index (χ0n) is 30.5. The summed E-state index contributed by atoms with van der Waals surface area (Å²) >= 11 is 0. The van der Waals surface area contributed by atoms with Gasteiger partial charge >= 0.3 is 5.97 Å². The van der Waals surface area contributed by atoms with Gasteiger partial charge in [-0.25, -0.2) is 4.79 Å². The Kier molecular flexibility index (Phi) is 12.5. The molecule has 4 aromatic rings. The maximum absolute atomic E-state index is 13.4. The van der Waals surface area contributed by atoms with E-state index in [1.165, 1.54) is 22.3 Å². The first kappa shape index (κ1) is 37.7. The molecule has 1 N–H and O–H groups in total. The van der Waals surface area contributed by atoms with Gasteiger partial charge in [0, 0.05) is 23.1 Å². The lowest BCUT2D eigenvalue weighted by atomic mass is 9.92. The molecule has 50 heavy (non-hydrogen) atoms. The van der Waals surface area contributed by atoms with Gasteiger partial charge in [0.1, 0.15) is 6.10 Å². The van der Waals surface area contributed by atoms with Crippen LogP contribution in [0.5, 0.6) is 0 Å². The van der Waals surface area contributed by atoms with Gasteiger partial charge in [-0.2, -0.15) is 0 Å². The van der Waals surface area contributed by atoms with Crippen LogP contribution in [0.15, 0.2) is 133 Å². The monoisotopic (exact) mass is 704 g/mol. The first-order valence-electron chi connectivity index (χ1n) is 17.7. The molecule has 2 radical (unpaired) electrons. The first-order valence-corrected chi connectivity index (χ1v) is 20.7. The number of carbonyl (C=O) groups excluding carboxylic acids is 1. The Labute approximate surface area is 302 Å². The van der Waals surface area contributed by atoms with Gasteiger partial charge in [-0.1, -0.05) is 163 Å². The maximum Gasteiger partial charge on any atom is 0.333 e. The Hall–Kier alpha value is -3.60. The van der Waals surface area contributed by atoms with Crippen LogP contribution in [0.3, 0.4) is 0 Å². The third-order valence-corrected chi connectivity index (χ3v) is 15.5. The van der Waals surface area contributed by atoms with E-state index >= 15 is 0 Å². The number of benzene rings is 4.